The number of amides is 2. The summed E-state index contributed by atoms with van der Waals surface area (Å²) in [4.78, 5) is 38.4. The molecule has 8 nitrogen and oxygen atoms in total. The number of alkyl halides is 3. The van der Waals surface area contributed by atoms with Crippen LogP contribution in [0, 0.1) is 10.1 Å². The second-order valence-corrected chi connectivity index (χ2v) is 7.66. The normalized spacial score (nSPS) is 14.7. The van der Waals surface area contributed by atoms with Crippen molar-refractivity contribution >= 4 is 17.5 Å². The van der Waals surface area contributed by atoms with Crippen LogP contribution in [0.25, 0.3) is 0 Å². The Morgan fingerprint density at radius 3 is 2.12 bits per heavy atom. The molecule has 2 aromatic rings. The highest BCUT2D eigenvalue weighted by Gasteiger charge is 2.30. The average molecular weight is 464 g/mol. The highest BCUT2D eigenvalue weighted by Crippen LogP contribution is 2.29. The van der Waals surface area contributed by atoms with E-state index in [1.807, 2.05) is 0 Å². The van der Waals surface area contributed by atoms with Crippen LogP contribution in [0.15, 0.2) is 48.5 Å². The van der Waals surface area contributed by atoms with Crippen molar-refractivity contribution in [2.75, 3.05) is 32.7 Å². The quantitative estimate of drug-likeness (QED) is 0.502. The van der Waals surface area contributed by atoms with Gasteiger partial charge < -0.3 is 10.2 Å². The highest BCUT2D eigenvalue weighted by atomic mass is 19.4. The van der Waals surface area contributed by atoms with E-state index in [9.17, 15) is 32.9 Å². The fourth-order valence-corrected chi connectivity index (χ4v) is 3.49. The number of rotatable bonds is 7. The Morgan fingerprint density at radius 2 is 1.58 bits per heavy atom. The summed E-state index contributed by atoms with van der Waals surface area (Å²) in [5, 5.41) is 13.3. The summed E-state index contributed by atoms with van der Waals surface area (Å²) >= 11 is 0. The molecule has 1 fully saturated rings. The van der Waals surface area contributed by atoms with E-state index in [-0.39, 0.29) is 30.1 Å². The van der Waals surface area contributed by atoms with E-state index in [1.165, 1.54) is 36.4 Å². The van der Waals surface area contributed by atoms with Crippen molar-refractivity contribution in [2.45, 2.75) is 19.1 Å². The molecule has 0 aliphatic carbocycles. The summed E-state index contributed by atoms with van der Waals surface area (Å²) in [5.74, 6) is -0.521. The van der Waals surface area contributed by atoms with Crippen LogP contribution in [0.3, 0.4) is 0 Å². The summed E-state index contributed by atoms with van der Waals surface area (Å²) in [7, 11) is 0. The van der Waals surface area contributed by atoms with Gasteiger partial charge in [0.25, 0.3) is 11.6 Å². The molecule has 0 spiro atoms. The van der Waals surface area contributed by atoms with Crippen LogP contribution in [0.5, 0.6) is 0 Å². The molecule has 3 rings (SSSR count). The number of benzene rings is 2. The van der Waals surface area contributed by atoms with Crippen LogP contribution in [-0.4, -0.2) is 59.3 Å². The van der Waals surface area contributed by atoms with Crippen LogP contribution in [0.4, 0.5) is 18.9 Å². The molecule has 1 aliphatic rings. The summed E-state index contributed by atoms with van der Waals surface area (Å²) in [5.41, 5.74) is 0.253. The standard InChI is InChI=1S/C22H23F3N4O4/c23-22(24,25)18-5-1-16(2-6-18)15-27-11-13-28(14-12-27)20(30)9-10-26-21(31)17-3-7-19(8-4-17)29(32)33/h1-8H,9-15H2,(H,26,31). The first-order valence-electron chi connectivity index (χ1n) is 10.3. The third-order valence-electron chi connectivity index (χ3n) is 5.38. The van der Waals surface area contributed by atoms with Crippen molar-refractivity contribution in [2.24, 2.45) is 0 Å². The first-order chi connectivity index (χ1) is 15.6. The molecule has 0 atom stereocenters. The Balaban J connectivity index is 1.38. The van der Waals surface area contributed by atoms with Crippen molar-refractivity contribution in [3.8, 4) is 0 Å². The number of nitro benzene ring substituents is 1. The van der Waals surface area contributed by atoms with Crippen molar-refractivity contribution < 1.29 is 27.7 Å². The molecule has 33 heavy (non-hydrogen) atoms. The number of halogens is 3. The lowest BCUT2D eigenvalue weighted by Crippen LogP contribution is -2.48. The number of carbonyl (C=O) groups excluding carboxylic acids is 2. The van der Waals surface area contributed by atoms with E-state index in [2.05, 4.69) is 10.2 Å². The van der Waals surface area contributed by atoms with Gasteiger partial charge in [-0.1, -0.05) is 12.1 Å². The Kier molecular flexibility index (Phi) is 7.64. The zero-order valence-corrected chi connectivity index (χ0v) is 17.7. The van der Waals surface area contributed by atoms with Gasteiger partial charge in [0.05, 0.1) is 10.5 Å². The van der Waals surface area contributed by atoms with Gasteiger partial charge in [-0.05, 0) is 29.8 Å². The second-order valence-electron chi connectivity index (χ2n) is 7.66. The fraction of sp³-hybridized carbons (Fsp3) is 0.364. The number of nitrogens with zero attached hydrogens (tertiary/aromatic N) is 3. The van der Waals surface area contributed by atoms with Gasteiger partial charge in [-0.25, -0.2) is 0 Å². The van der Waals surface area contributed by atoms with Crippen LogP contribution in [0.1, 0.15) is 27.9 Å². The molecule has 1 aliphatic heterocycles. The molecule has 0 bridgehead atoms. The van der Waals surface area contributed by atoms with E-state index < -0.39 is 22.6 Å². The predicted molar refractivity (Wildman–Crippen MR) is 113 cm³/mol. The van der Waals surface area contributed by atoms with Gasteiger partial charge in [-0.15, -0.1) is 0 Å². The van der Waals surface area contributed by atoms with Gasteiger partial charge in [0.2, 0.25) is 5.91 Å². The molecule has 0 aromatic heterocycles. The topological polar surface area (TPSA) is 95.8 Å². The van der Waals surface area contributed by atoms with Crippen molar-refractivity contribution in [3.05, 3.63) is 75.3 Å². The summed E-state index contributed by atoms with van der Waals surface area (Å²) in [6, 6.07) is 10.3. The lowest BCUT2D eigenvalue weighted by molar-refractivity contribution is -0.384. The molecule has 11 heteroatoms. The van der Waals surface area contributed by atoms with Gasteiger partial charge in [-0.3, -0.25) is 24.6 Å². The molecule has 176 valence electrons. The molecule has 0 saturated carbocycles. The van der Waals surface area contributed by atoms with Crippen molar-refractivity contribution in [1.29, 1.82) is 0 Å². The van der Waals surface area contributed by atoms with Gasteiger partial charge in [0.15, 0.2) is 0 Å². The van der Waals surface area contributed by atoms with Gasteiger partial charge in [0, 0.05) is 63.4 Å². The Morgan fingerprint density at radius 1 is 0.970 bits per heavy atom. The molecule has 1 heterocycles. The molecular weight excluding hydrogens is 441 g/mol. The first-order valence-corrected chi connectivity index (χ1v) is 10.3. The van der Waals surface area contributed by atoms with E-state index in [0.717, 1.165) is 17.7 Å². The molecule has 0 unspecified atom stereocenters. The zero-order chi connectivity index (χ0) is 24.0. The summed E-state index contributed by atoms with van der Waals surface area (Å²) in [6.07, 6.45) is -4.23. The predicted octanol–water partition coefficient (Wildman–Crippen LogP) is 3.08. The van der Waals surface area contributed by atoms with Crippen molar-refractivity contribution in [3.63, 3.8) is 0 Å². The summed E-state index contributed by atoms with van der Waals surface area (Å²) in [6.45, 7) is 2.83. The maximum absolute atomic E-state index is 12.7. The Bertz CT molecular complexity index is 986. The van der Waals surface area contributed by atoms with Gasteiger partial charge in [0.1, 0.15) is 0 Å². The molecule has 2 amide bonds. The van der Waals surface area contributed by atoms with Gasteiger partial charge in [-0.2, -0.15) is 13.2 Å². The first kappa shape index (κ1) is 24.2. The maximum Gasteiger partial charge on any atom is 0.416 e. The fourth-order valence-electron chi connectivity index (χ4n) is 3.49. The molecule has 1 saturated heterocycles. The number of piperazine rings is 1. The molecular formula is C22H23F3N4O4. The number of hydrogen-bond acceptors (Lipinski definition) is 5. The third-order valence-corrected chi connectivity index (χ3v) is 5.38. The third kappa shape index (κ3) is 6.75. The lowest BCUT2D eigenvalue weighted by atomic mass is 10.1. The minimum atomic E-state index is -4.36. The largest absolute Gasteiger partial charge is 0.416 e. The van der Waals surface area contributed by atoms with E-state index in [0.29, 0.717) is 32.7 Å². The molecule has 1 N–H and O–H groups in total. The van der Waals surface area contributed by atoms with E-state index in [1.54, 1.807) is 4.90 Å². The van der Waals surface area contributed by atoms with Gasteiger partial charge >= 0.3 is 6.18 Å². The number of nitrogens with one attached hydrogen (secondary N) is 1. The van der Waals surface area contributed by atoms with E-state index in [4.69, 9.17) is 0 Å². The maximum atomic E-state index is 12.7. The SMILES string of the molecule is O=C(NCCC(=O)N1CCN(Cc2ccc(C(F)(F)F)cc2)CC1)c1ccc([N+](=O)[O-])cc1. The average Bonchev–Trinajstić information content (AvgIpc) is 2.79. The number of non-ortho nitro benzene ring substituents is 1. The molecule has 0 radical (unpaired) electrons. The van der Waals surface area contributed by atoms with Crippen LogP contribution >= 0.6 is 0 Å². The zero-order valence-electron chi connectivity index (χ0n) is 17.7. The van der Waals surface area contributed by atoms with Crippen LogP contribution in [-0.2, 0) is 17.5 Å². The van der Waals surface area contributed by atoms with Crippen LogP contribution in [0.2, 0.25) is 0 Å². The minimum Gasteiger partial charge on any atom is -0.352 e. The second kappa shape index (κ2) is 10.4. The minimum absolute atomic E-state index is 0.104. The number of carbonyl (C=O) groups is 2. The highest BCUT2D eigenvalue weighted by molar-refractivity contribution is 5.94. The van der Waals surface area contributed by atoms with Crippen molar-refractivity contribution in [1.82, 2.24) is 15.1 Å². The number of hydrogen-bond donors (Lipinski definition) is 1. The Hall–Kier alpha value is -3.47. The Labute approximate surface area is 188 Å². The smallest absolute Gasteiger partial charge is 0.352 e. The summed E-state index contributed by atoms with van der Waals surface area (Å²) < 4.78 is 38.0. The lowest BCUT2D eigenvalue weighted by Gasteiger charge is -2.35. The molecule has 2 aromatic carbocycles. The van der Waals surface area contributed by atoms with Crippen LogP contribution < -0.4 is 5.32 Å². The number of nitro groups is 1. The monoisotopic (exact) mass is 464 g/mol. The van der Waals surface area contributed by atoms with E-state index >= 15 is 0 Å².